The van der Waals surface area contributed by atoms with Gasteiger partial charge in [0.2, 0.25) is 0 Å². The number of hydrogen-bond donors (Lipinski definition) is 1. The number of nitrogens with one attached hydrogen (secondary N) is 1. The first-order chi connectivity index (χ1) is 9.56. The number of benzene rings is 1. The molecule has 0 saturated carbocycles. The second-order valence-corrected chi connectivity index (χ2v) is 6.04. The smallest absolute Gasteiger partial charge is 0.159 e. The van der Waals surface area contributed by atoms with Gasteiger partial charge in [-0.25, -0.2) is 8.78 Å². The standard InChI is InChI=1S/C14H17F2N3S/c1-9(2)8-17-6-5-13-18-19-14(20-13)10-3-4-11(15)12(16)7-10/h3-4,7,9,17H,5-6,8H2,1-2H3. The Bertz CT molecular complexity index is 569. The predicted octanol–water partition coefficient (Wildman–Crippen LogP) is 3.27. The normalized spacial score (nSPS) is 11.2. The topological polar surface area (TPSA) is 37.8 Å². The van der Waals surface area contributed by atoms with Crippen molar-refractivity contribution in [3.63, 3.8) is 0 Å². The lowest BCUT2D eigenvalue weighted by Crippen LogP contribution is -2.22. The van der Waals surface area contributed by atoms with Crippen LogP contribution in [-0.4, -0.2) is 23.3 Å². The monoisotopic (exact) mass is 297 g/mol. The van der Waals surface area contributed by atoms with Crippen molar-refractivity contribution < 1.29 is 8.78 Å². The lowest BCUT2D eigenvalue weighted by atomic mass is 10.2. The molecule has 0 amide bonds. The second-order valence-electron chi connectivity index (χ2n) is 4.98. The van der Waals surface area contributed by atoms with Crippen molar-refractivity contribution in [1.29, 1.82) is 0 Å². The number of hydrogen-bond acceptors (Lipinski definition) is 4. The molecule has 1 aromatic carbocycles. The average Bonchev–Trinajstić information content (AvgIpc) is 2.86. The minimum absolute atomic E-state index is 0.558. The first kappa shape index (κ1) is 15.0. The first-order valence-corrected chi connectivity index (χ1v) is 7.36. The highest BCUT2D eigenvalue weighted by Crippen LogP contribution is 2.25. The minimum atomic E-state index is -0.863. The summed E-state index contributed by atoms with van der Waals surface area (Å²) in [6, 6.07) is 3.77. The molecule has 20 heavy (non-hydrogen) atoms. The molecule has 2 rings (SSSR count). The van der Waals surface area contributed by atoms with Crippen LogP contribution in [0.5, 0.6) is 0 Å². The first-order valence-electron chi connectivity index (χ1n) is 6.55. The van der Waals surface area contributed by atoms with E-state index in [0.717, 1.165) is 36.7 Å². The van der Waals surface area contributed by atoms with Crippen molar-refractivity contribution in [3.05, 3.63) is 34.8 Å². The molecule has 1 aromatic heterocycles. The average molecular weight is 297 g/mol. The molecule has 108 valence electrons. The number of aromatic nitrogens is 2. The molecule has 0 atom stereocenters. The molecule has 0 aliphatic carbocycles. The van der Waals surface area contributed by atoms with E-state index >= 15 is 0 Å². The fourth-order valence-corrected chi connectivity index (χ4v) is 2.52. The van der Waals surface area contributed by atoms with E-state index in [2.05, 4.69) is 29.4 Å². The van der Waals surface area contributed by atoms with Crippen LogP contribution in [0.2, 0.25) is 0 Å². The van der Waals surface area contributed by atoms with Gasteiger partial charge in [0.25, 0.3) is 0 Å². The van der Waals surface area contributed by atoms with E-state index in [4.69, 9.17) is 0 Å². The fourth-order valence-electron chi connectivity index (χ4n) is 1.69. The third-order valence-electron chi connectivity index (χ3n) is 2.70. The lowest BCUT2D eigenvalue weighted by molar-refractivity contribution is 0.509. The summed E-state index contributed by atoms with van der Waals surface area (Å²) < 4.78 is 26.0. The van der Waals surface area contributed by atoms with Crippen LogP contribution in [0.4, 0.5) is 8.78 Å². The van der Waals surface area contributed by atoms with Crippen LogP contribution < -0.4 is 5.32 Å². The summed E-state index contributed by atoms with van der Waals surface area (Å²) in [4.78, 5) is 0. The maximum atomic E-state index is 13.2. The summed E-state index contributed by atoms with van der Waals surface area (Å²) >= 11 is 1.41. The summed E-state index contributed by atoms with van der Waals surface area (Å²) in [7, 11) is 0. The number of halogens is 2. The summed E-state index contributed by atoms with van der Waals surface area (Å²) in [6.07, 6.45) is 0.786. The van der Waals surface area contributed by atoms with Crippen LogP contribution in [0, 0.1) is 17.6 Å². The van der Waals surface area contributed by atoms with Gasteiger partial charge in [-0.1, -0.05) is 25.2 Å². The van der Waals surface area contributed by atoms with Crippen LogP contribution in [0.15, 0.2) is 18.2 Å². The Labute approximate surface area is 121 Å². The molecular weight excluding hydrogens is 280 g/mol. The van der Waals surface area contributed by atoms with Crippen molar-refractivity contribution in [1.82, 2.24) is 15.5 Å². The predicted molar refractivity (Wildman–Crippen MR) is 76.7 cm³/mol. The van der Waals surface area contributed by atoms with E-state index in [-0.39, 0.29) is 0 Å². The van der Waals surface area contributed by atoms with Gasteiger partial charge in [0.05, 0.1) is 0 Å². The molecule has 0 spiro atoms. The van der Waals surface area contributed by atoms with Crippen LogP contribution in [0.25, 0.3) is 10.6 Å². The van der Waals surface area contributed by atoms with Crippen LogP contribution >= 0.6 is 11.3 Å². The van der Waals surface area contributed by atoms with Gasteiger partial charge in [-0.3, -0.25) is 0 Å². The molecule has 0 aliphatic rings. The van der Waals surface area contributed by atoms with Crippen molar-refractivity contribution in [2.75, 3.05) is 13.1 Å². The quantitative estimate of drug-likeness (QED) is 0.832. The molecule has 0 unspecified atom stereocenters. The van der Waals surface area contributed by atoms with Gasteiger partial charge in [-0.05, 0) is 30.7 Å². The second kappa shape index (κ2) is 6.85. The molecule has 0 radical (unpaired) electrons. The summed E-state index contributed by atoms with van der Waals surface area (Å²) in [5.74, 6) is -1.10. The van der Waals surface area contributed by atoms with E-state index < -0.39 is 11.6 Å². The van der Waals surface area contributed by atoms with Crippen molar-refractivity contribution in [2.45, 2.75) is 20.3 Å². The van der Waals surface area contributed by atoms with Gasteiger partial charge in [-0.15, -0.1) is 10.2 Å². The number of rotatable bonds is 6. The van der Waals surface area contributed by atoms with Crippen LogP contribution in [0.3, 0.4) is 0 Å². The van der Waals surface area contributed by atoms with E-state index in [9.17, 15) is 8.78 Å². The zero-order valence-electron chi connectivity index (χ0n) is 11.5. The molecule has 3 nitrogen and oxygen atoms in total. The lowest BCUT2D eigenvalue weighted by Gasteiger charge is -2.05. The Morgan fingerprint density at radius 1 is 1.20 bits per heavy atom. The minimum Gasteiger partial charge on any atom is -0.316 e. The van der Waals surface area contributed by atoms with Crippen LogP contribution in [-0.2, 0) is 6.42 Å². The highest BCUT2D eigenvalue weighted by atomic mass is 32.1. The third kappa shape index (κ3) is 4.05. The van der Waals surface area contributed by atoms with Crippen LogP contribution in [0.1, 0.15) is 18.9 Å². The van der Waals surface area contributed by atoms with Gasteiger partial charge >= 0.3 is 0 Å². The van der Waals surface area contributed by atoms with E-state index in [1.54, 1.807) is 0 Å². The Kier molecular flexibility index (Phi) is 5.14. The maximum absolute atomic E-state index is 13.2. The fraction of sp³-hybridized carbons (Fsp3) is 0.429. The van der Waals surface area contributed by atoms with Gasteiger partial charge in [-0.2, -0.15) is 0 Å². The molecular formula is C14H17F2N3S. The summed E-state index contributed by atoms with van der Waals surface area (Å²) in [5, 5.41) is 12.9. The summed E-state index contributed by atoms with van der Waals surface area (Å²) in [5.41, 5.74) is 0.558. The van der Waals surface area contributed by atoms with Gasteiger partial charge in [0, 0.05) is 18.5 Å². The largest absolute Gasteiger partial charge is 0.316 e. The van der Waals surface area contributed by atoms with Crippen molar-refractivity contribution in [2.24, 2.45) is 5.92 Å². The van der Waals surface area contributed by atoms with E-state index in [1.165, 1.54) is 17.4 Å². The third-order valence-corrected chi connectivity index (χ3v) is 3.73. The SMILES string of the molecule is CC(C)CNCCc1nnc(-c2ccc(F)c(F)c2)s1. The van der Waals surface area contributed by atoms with E-state index in [1.807, 2.05) is 0 Å². The molecule has 1 heterocycles. The maximum Gasteiger partial charge on any atom is 0.159 e. The molecule has 1 N–H and O–H groups in total. The Balaban J connectivity index is 1.96. The highest BCUT2D eigenvalue weighted by Gasteiger charge is 2.09. The Morgan fingerprint density at radius 3 is 2.70 bits per heavy atom. The Morgan fingerprint density at radius 2 is 2.00 bits per heavy atom. The Hall–Kier alpha value is -1.40. The number of nitrogens with zero attached hydrogens (tertiary/aromatic N) is 2. The van der Waals surface area contributed by atoms with Gasteiger partial charge < -0.3 is 5.32 Å². The highest BCUT2D eigenvalue weighted by molar-refractivity contribution is 7.14. The summed E-state index contributed by atoms with van der Waals surface area (Å²) in [6.45, 7) is 6.11. The molecule has 0 saturated heterocycles. The molecule has 0 aliphatic heterocycles. The van der Waals surface area contributed by atoms with Gasteiger partial charge in [0.15, 0.2) is 11.6 Å². The zero-order chi connectivity index (χ0) is 14.5. The van der Waals surface area contributed by atoms with Gasteiger partial charge in [0.1, 0.15) is 10.0 Å². The van der Waals surface area contributed by atoms with Crippen molar-refractivity contribution in [3.8, 4) is 10.6 Å². The molecule has 6 heteroatoms. The van der Waals surface area contributed by atoms with E-state index in [0.29, 0.717) is 16.5 Å². The zero-order valence-corrected chi connectivity index (χ0v) is 12.3. The molecule has 2 aromatic rings. The van der Waals surface area contributed by atoms with Crippen molar-refractivity contribution >= 4 is 11.3 Å². The molecule has 0 fully saturated rings. The molecule has 0 bridgehead atoms.